The van der Waals surface area contributed by atoms with Crippen LogP contribution in [0.15, 0.2) is 0 Å². The molecule has 3 nitrogen and oxygen atoms in total. The van der Waals surface area contributed by atoms with Crippen molar-refractivity contribution in [1.82, 2.24) is 5.32 Å². The lowest BCUT2D eigenvalue weighted by atomic mass is 10.3. The Hall–Kier alpha value is -0.380. The van der Waals surface area contributed by atoms with E-state index < -0.39 is 6.09 Å². The van der Waals surface area contributed by atoms with E-state index in [1.165, 1.54) is 0 Å². The summed E-state index contributed by atoms with van der Waals surface area (Å²) >= 11 is 3.96. The van der Waals surface area contributed by atoms with Crippen LogP contribution in [0.4, 0.5) is 4.79 Å². The molecule has 1 amide bonds. The van der Waals surface area contributed by atoms with Gasteiger partial charge in [-0.1, -0.05) is 13.3 Å². The van der Waals surface area contributed by atoms with Crippen molar-refractivity contribution in [3.05, 3.63) is 0 Å². The molecular formula is C5H11NO2S. The lowest BCUT2D eigenvalue weighted by Crippen LogP contribution is -2.28. The molecule has 54 valence electrons. The second-order valence-electron chi connectivity index (χ2n) is 1.75. The van der Waals surface area contributed by atoms with Crippen molar-refractivity contribution in [3.8, 4) is 0 Å². The first-order chi connectivity index (χ1) is 4.16. The average molecular weight is 149 g/mol. The van der Waals surface area contributed by atoms with E-state index in [0.717, 1.165) is 12.8 Å². The van der Waals surface area contributed by atoms with Crippen molar-refractivity contribution < 1.29 is 9.90 Å². The zero-order chi connectivity index (χ0) is 7.28. The van der Waals surface area contributed by atoms with Gasteiger partial charge in [-0.3, -0.25) is 0 Å². The van der Waals surface area contributed by atoms with Crippen molar-refractivity contribution in [2.75, 3.05) is 0 Å². The number of carboxylic acid groups (broad SMARTS) is 1. The number of thiol groups is 1. The Morgan fingerprint density at radius 1 is 1.89 bits per heavy atom. The van der Waals surface area contributed by atoms with E-state index in [1.54, 1.807) is 0 Å². The topological polar surface area (TPSA) is 49.3 Å². The van der Waals surface area contributed by atoms with Crippen molar-refractivity contribution >= 4 is 18.7 Å². The van der Waals surface area contributed by atoms with Crippen molar-refractivity contribution in [3.63, 3.8) is 0 Å². The van der Waals surface area contributed by atoms with Crippen LogP contribution in [0, 0.1) is 0 Å². The van der Waals surface area contributed by atoms with Gasteiger partial charge in [0.1, 0.15) is 0 Å². The Morgan fingerprint density at radius 2 is 2.44 bits per heavy atom. The summed E-state index contributed by atoms with van der Waals surface area (Å²) in [6, 6.07) is 0. The quantitative estimate of drug-likeness (QED) is 0.418. The number of rotatable bonds is 3. The molecule has 0 saturated carbocycles. The maximum Gasteiger partial charge on any atom is 0.405 e. The highest BCUT2D eigenvalue weighted by atomic mass is 32.1. The second kappa shape index (κ2) is 4.49. The Bertz CT molecular complexity index is 97.0. The lowest BCUT2D eigenvalue weighted by Gasteiger charge is -2.06. The highest BCUT2D eigenvalue weighted by Crippen LogP contribution is 1.99. The van der Waals surface area contributed by atoms with Crippen LogP contribution in [0.25, 0.3) is 0 Å². The second-order valence-corrected chi connectivity index (χ2v) is 2.38. The molecule has 0 aromatic rings. The maximum absolute atomic E-state index is 9.92. The van der Waals surface area contributed by atoms with Gasteiger partial charge >= 0.3 is 6.09 Å². The van der Waals surface area contributed by atoms with Crippen molar-refractivity contribution in [2.45, 2.75) is 25.1 Å². The summed E-state index contributed by atoms with van der Waals surface area (Å²) in [6.07, 6.45) is 0.701. The van der Waals surface area contributed by atoms with Crippen LogP contribution in [-0.2, 0) is 0 Å². The molecule has 0 bridgehead atoms. The van der Waals surface area contributed by atoms with Crippen LogP contribution < -0.4 is 5.32 Å². The largest absolute Gasteiger partial charge is 0.465 e. The van der Waals surface area contributed by atoms with Crippen LogP contribution in [0.2, 0.25) is 0 Å². The number of hydrogen-bond donors (Lipinski definition) is 3. The third-order valence-electron chi connectivity index (χ3n) is 0.852. The van der Waals surface area contributed by atoms with Gasteiger partial charge in [-0.05, 0) is 6.42 Å². The van der Waals surface area contributed by atoms with Gasteiger partial charge < -0.3 is 10.4 Å². The van der Waals surface area contributed by atoms with E-state index in [4.69, 9.17) is 5.11 Å². The van der Waals surface area contributed by atoms with E-state index in [0.29, 0.717) is 0 Å². The van der Waals surface area contributed by atoms with Crippen LogP contribution >= 0.6 is 12.6 Å². The predicted octanol–water partition coefficient (Wildman–Crippen LogP) is 1.31. The molecule has 0 saturated heterocycles. The highest BCUT2D eigenvalue weighted by molar-refractivity contribution is 7.80. The SMILES string of the molecule is CCCC(S)NC(=O)O. The summed E-state index contributed by atoms with van der Waals surface area (Å²) in [5.74, 6) is 0. The van der Waals surface area contributed by atoms with Crippen LogP contribution in [-0.4, -0.2) is 16.6 Å². The molecule has 1 atom stereocenters. The Morgan fingerprint density at radius 3 is 2.78 bits per heavy atom. The molecule has 0 aliphatic carbocycles. The van der Waals surface area contributed by atoms with E-state index in [2.05, 4.69) is 17.9 Å². The molecular weight excluding hydrogens is 138 g/mol. The fourth-order valence-corrected chi connectivity index (χ4v) is 0.857. The number of hydrogen-bond acceptors (Lipinski definition) is 2. The molecule has 4 heteroatoms. The number of nitrogens with one attached hydrogen (secondary N) is 1. The molecule has 0 aromatic heterocycles. The molecule has 0 aliphatic heterocycles. The van der Waals surface area contributed by atoms with E-state index in [1.807, 2.05) is 6.92 Å². The average Bonchev–Trinajstić information content (AvgIpc) is 1.63. The summed E-state index contributed by atoms with van der Waals surface area (Å²) in [6.45, 7) is 1.98. The minimum atomic E-state index is -1.01. The number of carbonyl (C=O) groups is 1. The lowest BCUT2D eigenvalue weighted by molar-refractivity contribution is 0.193. The molecule has 0 radical (unpaired) electrons. The van der Waals surface area contributed by atoms with Gasteiger partial charge in [0, 0.05) is 0 Å². The van der Waals surface area contributed by atoms with E-state index >= 15 is 0 Å². The Balaban J connectivity index is 3.26. The van der Waals surface area contributed by atoms with Gasteiger partial charge in [-0.25, -0.2) is 4.79 Å². The summed E-state index contributed by atoms with van der Waals surface area (Å²) in [4.78, 5) is 9.92. The fourth-order valence-electron chi connectivity index (χ4n) is 0.488. The van der Waals surface area contributed by atoms with Gasteiger partial charge in [-0.15, -0.1) is 0 Å². The first-order valence-electron chi connectivity index (χ1n) is 2.84. The summed E-state index contributed by atoms with van der Waals surface area (Å²) in [5.41, 5.74) is 0. The third-order valence-corrected chi connectivity index (χ3v) is 1.24. The molecule has 0 spiro atoms. The fraction of sp³-hybridized carbons (Fsp3) is 0.800. The predicted molar refractivity (Wildman–Crippen MR) is 38.8 cm³/mol. The van der Waals surface area contributed by atoms with Gasteiger partial charge in [0.05, 0.1) is 5.37 Å². The monoisotopic (exact) mass is 149 g/mol. The maximum atomic E-state index is 9.92. The van der Waals surface area contributed by atoms with Gasteiger partial charge in [0.15, 0.2) is 0 Å². The van der Waals surface area contributed by atoms with Crippen LogP contribution in [0.5, 0.6) is 0 Å². The molecule has 2 N–H and O–H groups in total. The highest BCUT2D eigenvalue weighted by Gasteiger charge is 2.02. The van der Waals surface area contributed by atoms with Crippen LogP contribution in [0.3, 0.4) is 0 Å². The zero-order valence-corrected chi connectivity index (χ0v) is 6.19. The Labute approximate surface area is 59.9 Å². The van der Waals surface area contributed by atoms with E-state index in [9.17, 15) is 4.79 Å². The van der Waals surface area contributed by atoms with Gasteiger partial charge in [-0.2, -0.15) is 12.6 Å². The van der Waals surface area contributed by atoms with Crippen molar-refractivity contribution in [1.29, 1.82) is 0 Å². The molecule has 0 aliphatic rings. The zero-order valence-electron chi connectivity index (χ0n) is 5.29. The van der Waals surface area contributed by atoms with Crippen molar-refractivity contribution in [2.24, 2.45) is 0 Å². The van der Waals surface area contributed by atoms with Gasteiger partial charge in [0.25, 0.3) is 0 Å². The molecule has 0 rings (SSSR count). The normalized spacial score (nSPS) is 12.7. The number of amides is 1. The smallest absolute Gasteiger partial charge is 0.405 e. The summed E-state index contributed by atoms with van der Waals surface area (Å²) < 4.78 is 0. The third kappa shape index (κ3) is 5.49. The molecule has 0 heterocycles. The Kier molecular flexibility index (Phi) is 4.30. The standard InChI is InChI=1S/C5H11NO2S/c1-2-3-4(9)6-5(7)8/h4,6,9H,2-3H2,1H3,(H,7,8). The van der Waals surface area contributed by atoms with E-state index in [-0.39, 0.29) is 5.37 Å². The molecule has 1 unspecified atom stereocenters. The molecule has 0 fully saturated rings. The first kappa shape index (κ1) is 8.62. The summed E-state index contributed by atoms with van der Waals surface area (Å²) in [5, 5.41) is 10.2. The summed E-state index contributed by atoms with van der Waals surface area (Å²) in [7, 11) is 0. The first-order valence-corrected chi connectivity index (χ1v) is 3.36. The molecule has 0 aromatic carbocycles. The minimum Gasteiger partial charge on any atom is -0.465 e. The van der Waals surface area contributed by atoms with Gasteiger partial charge in [0.2, 0.25) is 0 Å². The van der Waals surface area contributed by atoms with Crippen LogP contribution in [0.1, 0.15) is 19.8 Å². The minimum absolute atomic E-state index is 0.215. The molecule has 9 heavy (non-hydrogen) atoms.